The number of methoxy groups -OCH3 is 1. The first-order valence-electron chi connectivity index (χ1n) is 8.34. The molecule has 0 atom stereocenters. The summed E-state index contributed by atoms with van der Waals surface area (Å²) in [7, 11) is 1.76. The van der Waals surface area contributed by atoms with Gasteiger partial charge in [0.05, 0.1) is 6.61 Å². The van der Waals surface area contributed by atoms with Gasteiger partial charge in [-0.25, -0.2) is 4.79 Å². The van der Waals surface area contributed by atoms with Gasteiger partial charge in [-0.1, -0.05) is 30.3 Å². The van der Waals surface area contributed by atoms with Crippen LogP contribution in [0.15, 0.2) is 30.3 Å². The van der Waals surface area contributed by atoms with Crippen molar-refractivity contribution < 1.29 is 14.3 Å². The molecule has 1 aromatic carbocycles. The molecule has 0 N–H and O–H groups in total. The van der Waals surface area contributed by atoms with Crippen LogP contribution in [0.25, 0.3) is 0 Å². The summed E-state index contributed by atoms with van der Waals surface area (Å²) in [5, 5.41) is 0. The van der Waals surface area contributed by atoms with Gasteiger partial charge >= 0.3 is 6.09 Å². The van der Waals surface area contributed by atoms with E-state index in [0.717, 1.165) is 39.0 Å². The van der Waals surface area contributed by atoms with E-state index in [9.17, 15) is 4.79 Å². The maximum atomic E-state index is 12.2. The van der Waals surface area contributed by atoms with Gasteiger partial charge in [-0.2, -0.15) is 0 Å². The summed E-state index contributed by atoms with van der Waals surface area (Å²) in [4.78, 5) is 14.0. The second-order valence-corrected chi connectivity index (χ2v) is 7.56. The maximum Gasteiger partial charge on any atom is 0.410 e. The second kappa shape index (κ2) is 7.35. The summed E-state index contributed by atoms with van der Waals surface area (Å²) in [5.74, 6) is 0. The molecule has 0 aliphatic carbocycles. The molecule has 1 aliphatic heterocycles. The van der Waals surface area contributed by atoms with Crippen LogP contribution in [0.2, 0.25) is 0 Å². The first kappa shape index (κ1) is 17.8. The largest absolute Gasteiger partial charge is 0.444 e. The molecule has 0 unspecified atom stereocenters. The average molecular weight is 319 g/mol. The van der Waals surface area contributed by atoms with Gasteiger partial charge in [0.15, 0.2) is 0 Å². The lowest BCUT2D eigenvalue weighted by molar-refractivity contribution is -0.00672. The van der Waals surface area contributed by atoms with Crippen LogP contribution in [0.5, 0.6) is 0 Å². The van der Waals surface area contributed by atoms with E-state index in [0.29, 0.717) is 0 Å². The molecule has 0 aromatic heterocycles. The number of hydrogen-bond donors (Lipinski definition) is 0. The van der Waals surface area contributed by atoms with E-state index in [1.807, 2.05) is 31.7 Å². The molecule has 2 rings (SSSR count). The fourth-order valence-corrected chi connectivity index (χ4v) is 3.20. The van der Waals surface area contributed by atoms with Crippen LogP contribution in [0, 0.1) is 5.41 Å². The highest BCUT2D eigenvalue weighted by atomic mass is 16.6. The number of rotatable bonds is 4. The SMILES string of the molecule is COCC1(Cc2ccccc2)CCN(C(=O)OC(C)(C)C)CC1. The lowest BCUT2D eigenvalue weighted by Crippen LogP contribution is -2.47. The smallest absolute Gasteiger partial charge is 0.410 e. The van der Waals surface area contributed by atoms with Crippen LogP contribution in [-0.4, -0.2) is 43.4 Å². The van der Waals surface area contributed by atoms with E-state index in [1.165, 1.54) is 5.56 Å². The van der Waals surface area contributed by atoms with Crippen LogP contribution in [-0.2, 0) is 15.9 Å². The molecule has 0 spiro atoms. The molecule has 1 fully saturated rings. The molecule has 0 bridgehead atoms. The van der Waals surface area contributed by atoms with Gasteiger partial charge in [-0.05, 0) is 45.6 Å². The highest BCUT2D eigenvalue weighted by Gasteiger charge is 2.37. The summed E-state index contributed by atoms with van der Waals surface area (Å²) >= 11 is 0. The predicted octanol–water partition coefficient (Wildman–Crippen LogP) is 3.89. The van der Waals surface area contributed by atoms with Crippen molar-refractivity contribution in [3.63, 3.8) is 0 Å². The van der Waals surface area contributed by atoms with Crippen LogP contribution in [0.4, 0.5) is 4.79 Å². The monoisotopic (exact) mass is 319 g/mol. The number of nitrogens with zero attached hydrogens (tertiary/aromatic N) is 1. The van der Waals surface area contributed by atoms with E-state index < -0.39 is 5.60 Å². The van der Waals surface area contributed by atoms with Crippen LogP contribution >= 0.6 is 0 Å². The first-order valence-corrected chi connectivity index (χ1v) is 8.34. The summed E-state index contributed by atoms with van der Waals surface area (Å²) in [6.07, 6.45) is 2.66. The Labute approximate surface area is 139 Å². The molecule has 1 amide bonds. The van der Waals surface area contributed by atoms with Crippen molar-refractivity contribution in [2.24, 2.45) is 5.41 Å². The molecule has 4 nitrogen and oxygen atoms in total. The van der Waals surface area contributed by atoms with E-state index in [2.05, 4.69) is 24.3 Å². The Morgan fingerprint density at radius 3 is 2.30 bits per heavy atom. The fraction of sp³-hybridized carbons (Fsp3) is 0.632. The normalized spacial score (nSPS) is 17.8. The number of piperidine rings is 1. The minimum Gasteiger partial charge on any atom is -0.444 e. The minimum atomic E-state index is -0.442. The minimum absolute atomic E-state index is 0.106. The Hall–Kier alpha value is -1.55. The molecule has 23 heavy (non-hydrogen) atoms. The third kappa shape index (κ3) is 5.24. The van der Waals surface area contributed by atoms with Crippen molar-refractivity contribution in [2.75, 3.05) is 26.8 Å². The Kier molecular flexibility index (Phi) is 5.69. The van der Waals surface area contributed by atoms with Crippen LogP contribution in [0.3, 0.4) is 0 Å². The number of benzene rings is 1. The van der Waals surface area contributed by atoms with Gasteiger partial charge in [0, 0.05) is 25.6 Å². The first-order chi connectivity index (χ1) is 10.8. The third-order valence-electron chi connectivity index (χ3n) is 4.35. The number of carbonyl (C=O) groups excluding carboxylic acids is 1. The Bertz CT molecular complexity index is 499. The van der Waals surface area contributed by atoms with Crippen molar-refractivity contribution >= 4 is 6.09 Å². The molecule has 1 heterocycles. The topological polar surface area (TPSA) is 38.8 Å². The van der Waals surface area contributed by atoms with Gasteiger partial charge < -0.3 is 14.4 Å². The third-order valence-corrected chi connectivity index (χ3v) is 4.35. The van der Waals surface area contributed by atoms with Gasteiger partial charge in [0.2, 0.25) is 0 Å². The van der Waals surface area contributed by atoms with E-state index in [1.54, 1.807) is 7.11 Å². The number of amides is 1. The lowest BCUT2D eigenvalue weighted by atomic mass is 9.74. The quantitative estimate of drug-likeness (QED) is 0.845. The van der Waals surface area contributed by atoms with Gasteiger partial charge in [0.25, 0.3) is 0 Å². The highest BCUT2D eigenvalue weighted by Crippen LogP contribution is 2.36. The summed E-state index contributed by atoms with van der Waals surface area (Å²) in [6.45, 7) is 7.89. The summed E-state index contributed by atoms with van der Waals surface area (Å²) in [6, 6.07) is 10.5. The van der Waals surface area contributed by atoms with Crippen molar-refractivity contribution in [3.05, 3.63) is 35.9 Å². The Morgan fingerprint density at radius 1 is 1.17 bits per heavy atom. The van der Waals surface area contributed by atoms with Crippen molar-refractivity contribution in [1.29, 1.82) is 0 Å². The molecule has 1 saturated heterocycles. The molecule has 0 radical (unpaired) electrons. The predicted molar refractivity (Wildman–Crippen MR) is 91.5 cm³/mol. The summed E-state index contributed by atoms with van der Waals surface area (Å²) in [5.41, 5.74) is 0.992. The Balaban J connectivity index is 1.99. The second-order valence-electron chi connectivity index (χ2n) is 7.56. The molecule has 1 aromatic rings. The van der Waals surface area contributed by atoms with E-state index in [-0.39, 0.29) is 11.5 Å². The van der Waals surface area contributed by atoms with Crippen molar-refractivity contribution in [3.8, 4) is 0 Å². The molecule has 1 aliphatic rings. The van der Waals surface area contributed by atoms with Gasteiger partial charge in [0.1, 0.15) is 5.60 Å². The van der Waals surface area contributed by atoms with E-state index >= 15 is 0 Å². The van der Waals surface area contributed by atoms with Gasteiger partial charge in [-0.15, -0.1) is 0 Å². The Morgan fingerprint density at radius 2 is 1.78 bits per heavy atom. The number of ether oxygens (including phenoxy) is 2. The molecular formula is C19H29NO3. The lowest BCUT2D eigenvalue weighted by Gasteiger charge is -2.41. The van der Waals surface area contributed by atoms with E-state index in [4.69, 9.17) is 9.47 Å². The zero-order chi connectivity index (χ0) is 16.9. The highest BCUT2D eigenvalue weighted by molar-refractivity contribution is 5.68. The molecule has 4 heteroatoms. The molecule has 0 saturated carbocycles. The number of carbonyl (C=O) groups is 1. The van der Waals surface area contributed by atoms with Crippen molar-refractivity contribution in [1.82, 2.24) is 4.90 Å². The number of hydrogen-bond acceptors (Lipinski definition) is 3. The fourth-order valence-electron chi connectivity index (χ4n) is 3.20. The van der Waals surface area contributed by atoms with Crippen LogP contribution < -0.4 is 0 Å². The maximum absolute atomic E-state index is 12.2. The molecule has 128 valence electrons. The molecular weight excluding hydrogens is 290 g/mol. The zero-order valence-electron chi connectivity index (χ0n) is 14.8. The van der Waals surface area contributed by atoms with Gasteiger partial charge in [-0.3, -0.25) is 0 Å². The van der Waals surface area contributed by atoms with Crippen LogP contribution in [0.1, 0.15) is 39.2 Å². The van der Waals surface area contributed by atoms with Crippen molar-refractivity contribution in [2.45, 2.75) is 45.6 Å². The average Bonchev–Trinajstić information content (AvgIpc) is 2.47. The number of likely N-dealkylation sites (tertiary alicyclic amines) is 1. The summed E-state index contributed by atoms with van der Waals surface area (Å²) < 4.78 is 11.0. The standard InChI is InChI=1S/C19H29NO3/c1-18(2,3)23-17(21)20-12-10-19(11-13-20,15-22-4)14-16-8-6-5-7-9-16/h5-9H,10-15H2,1-4H3. The zero-order valence-corrected chi connectivity index (χ0v) is 14.8.